The predicted molar refractivity (Wildman–Crippen MR) is 119 cm³/mol. The molecule has 2 fully saturated rings. The number of nitrogens with zero attached hydrogens (tertiary/aromatic N) is 2. The summed E-state index contributed by atoms with van der Waals surface area (Å²) >= 11 is 0. The van der Waals surface area contributed by atoms with E-state index in [-0.39, 0.29) is 29.5 Å². The minimum atomic E-state index is -3.62. The third-order valence-corrected chi connectivity index (χ3v) is 6.61. The van der Waals surface area contributed by atoms with Gasteiger partial charge in [0.15, 0.2) is 0 Å². The Hall–Kier alpha value is -2.53. The molecule has 0 spiro atoms. The van der Waals surface area contributed by atoms with E-state index < -0.39 is 15.6 Å². The number of hydrogen-bond donors (Lipinski definition) is 2. The molecule has 2 aliphatic rings. The van der Waals surface area contributed by atoms with Crippen molar-refractivity contribution < 1.29 is 27.5 Å². The van der Waals surface area contributed by atoms with Crippen molar-refractivity contribution in [3.05, 3.63) is 18.2 Å². The summed E-state index contributed by atoms with van der Waals surface area (Å²) in [4.78, 5) is 28.2. The average molecular weight is 469 g/mol. The normalized spacial score (nSPS) is 17.1. The van der Waals surface area contributed by atoms with Crippen molar-refractivity contribution in [1.82, 2.24) is 14.5 Å². The number of amides is 2. The van der Waals surface area contributed by atoms with Crippen LogP contribution in [0.4, 0.5) is 10.5 Å². The summed E-state index contributed by atoms with van der Waals surface area (Å²) in [5, 5.41) is 2.99. The van der Waals surface area contributed by atoms with Gasteiger partial charge in [-0.15, -0.1) is 0 Å². The van der Waals surface area contributed by atoms with Crippen molar-refractivity contribution in [2.24, 2.45) is 0 Å². The quantitative estimate of drug-likeness (QED) is 0.625. The molecule has 0 aromatic heterocycles. The molecule has 10 nitrogen and oxygen atoms in total. The number of piperazine rings is 1. The topological polar surface area (TPSA) is 117 Å². The van der Waals surface area contributed by atoms with Crippen LogP contribution < -0.4 is 14.8 Å². The first-order valence-corrected chi connectivity index (χ1v) is 12.2. The molecule has 0 radical (unpaired) electrons. The summed E-state index contributed by atoms with van der Waals surface area (Å²) in [5.41, 5.74) is -0.143. The van der Waals surface area contributed by atoms with Crippen molar-refractivity contribution >= 4 is 27.7 Å². The summed E-state index contributed by atoms with van der Waals surface area (Å²) in [6.45, 7) is 7.00. The van der Waals surface area contributed by atoms with Crippen molar-refractivity contribution in [1.29, 1.82) is 0 Å². The van der Waals surface area contributed by atoms with Gasteiger partial charge in [0.2, 0.25) is 15.9 Å². The van der Waals surface area contributed by atoms with E-state index >= 15 is 0 Å². The highest BCUT2D eigenvalue weighted by Crippen LogP contribution is 2.29. The zero-order chi connectivity index (χ0) is 23.5. The largest absolute Gasteiger partial charge is 0.495 e. The second-order valence-electron chi connectivity index (χ2n) is 8.96. The second kappa shape index (κ2) is 9.53. The lowest BCUT2D eigenvalue weighted by molar-refractivity contribution is -0.131. The third kappa shape index (κ3) is 6.49. The Kier molecular flexibility index (Phi) is 7.19. The third-order valence-electron chi connectivity index (χ3n) is 5.09. The Bertz CT molecular complexity index is 948. The fraction of sp³-hybridized carbons (Fsp3) is 0.619. The maximum Gasteiger partial charge on any atom is 0.410 e. The molecule has 1 heterocycles. The molecule has 1 aromatic carbocycles. The van der Waals surface area contributed by atoms with Crippen LogP contribution in [0.3, 0.4) is 0 Å². The number of rotatable bonds is 7. The fourth-order valence-corrected chi connectivity index (χ4v) is 4.56. The molecule has 2 N–H and O–H groups in total. The van der Waals surface area contributed by atoms with Gasteiger partial charge in [0, 0.05) is 32.2 Å². The van der Waals surface area contributed by atoms with Gasteiger partial charge in [0.1, 0.15) is 11.4 Å². The number of ether oxygens (including phenoxy) is 2. The number of carbonyl (C=O) groups is 2. The van der Waals surface area contributed by atoms with Gasteiger partial charge >= 0.3 is 6.09 Å². The van der Waals surface area contributed by atoms with Crippen LogP contribution in [0.25, 0.3) is 0 Å². The number of sulfonamides is 1. The van der Waals surface area contributed by atoms with Crippen LogP contribution in [0.1, 0.15) is 33.6 Å². The van der Waals surface area contributed by atoms with Crippen LogP contribution in [0.2, 0.25) is 0 Å². The number of carbonyl (C=O) groups excluding carboxylic acids is 2. The molecule has 1 saturated heterocycles. The van der Waals surface area contributed by atoms with Gasteiger partial charge in [-0.25, -0.2) is 17.9 Å². The van der Waals surface area contributed by atoms with Crippen molar-refractivity contribution in [3.63, 3.8) is 0 Å². The zero-order valence-corrected chi connectivity index (χ0v) is 19.8. The zero-order valence-electron chi connectivity index (χ0n) is 19.0. The lowest BCUT2D eigenvalue weighted by atomic mass is 10.2. The molecule has 2 amide bonds. The number of nitrogens with one attached hydrogen (secondary N) is 2. The highest BCUT2D eigenvalue weighted by atomic mass is 32.2. The van der Waals surface area contributed by atoms with Crippen LogP contribution in [0, 0.1) is 0 Å². The maximum absolute atomic E-state index is 12.7. The highest BCUT2D eigenvalue weighted by molar-refractivity contribution is 7.89. The van der Waals surface area contributed by atoms with E-state index in [1.807, 2.05) is 20.8 Å². The van der Waals surface area contributed by atoms with Crippen LogP contribution in [-0.4, -0.2) is 81.7 Å². The Morgan fingerprint density at radius 2 is 1.72 bits per heavy atom. The van der Waals surface area contributed by atoms with Crippen molar-refractivity contribution in [3.8, 4) is 5.75 Å². The summed E-state index contributed by atoms with van der Waals surface area (Å²) < 4.78 is 38.3. The first-order valence-electron chi connectivity index (χ1n) is 10.7. The van der Waals surface area contributed by atoms with Crippen LogP contribution >= 0.6 is 0 Å². The second-order valence-corrected chi connectivity index (χ2v) is 10.7. The summed E-state index contributed by atoms with van der Waals surface area (Å²) in [6, 6.07) is 4.51. The number of benzene rings is 1. The lowest BCUT2D eigenvalue weighted by Gasteiger charge is -2.35. The summed E-state index contributed by atoms with van der Waals surface area (Å²) in [6.07, 6.45) is 1.30. The molecule has 178 valence electrons. The van der Waals surface area contributed by atoms with Crippen LogP contribution in [0.15, 0.2) is 23.1 Å². The molecule has 1 aliphatic carbocycles. The molecule has 32 heavy (non-hydrogen) atoms. The van der Waals surface area contributed by atoms with Gasteiger partial charge in [-0.05, 0) is 51.8 Å². The minimum Gasteiger partial charge on any atom is -0.495 e. The Labute approximate surface area is 189 Å². The van der Waals surface area contributed by atoms with Crippen molar-refractivity contribution in [2.75, 3.05) is 45.2 Å². The SMILES string of the molecule is COc1ccc(S(=O)(=O)NC2CC2)cc1NCC(=O)N1CCN(C(=O)OC(C)(C)C)CC1. The Morgan fingerprint density at radius 1 is 1.09 bits per heavy atom. The molecule has 1 aromatic rings. The van der Waals surface area contributed by atoms with E-state index in [0.717, 1.165) is 12.8 Å². The van der Waals surface area contributed by atoms with Crippen LogP contribution in [-0.2, 0) is 19.6 Å². The standard InChI is InChI=1S/C21H32N4O6S/c1-21(2,3)31-20(27)25-11-9-24(10-12-25)19(26)14-22-17-13-16(7-8-18(17)30-4)32(28,29)23-15-5-6-15/h7-8,13,15,22-23H,5-6,9-12,14H2,1-4H3. The number of hydrogen-bond acceptors (Lipinski definition) is 7. The highest BCUT2D eigenvalue weighted by Gasteiger charge is 2.29. The molecule has 0 bridgehead atoms. The van der Waals surface area contributed by atoms with Gasteiger partial charge in [0.25, 0.3) is 0 Å². The first kappa shape index (κ1) is 24.1. The number of anilines is 1. The van der Waals surface area contributed by atoms with Gasteiger partial charge in [-0.1, -0.05) is 0 Å². The molecule has 0 unspecified atom stereocenters. The van der Waals surface area contributed by atoms with Gasteiger partial charge in [-0.2, -0.15) is 0 Å². The predicted octanol–water partition coefficient (Wildman–Crippen LogP) is 1.63. The number of methoxy groups -OCH3 is 1. The smallest absolute Gasteiger partial charge is 0.410 e. The monoisotopic (exact) mass is 468 g/mol. The van der Waals surface area contributed by atoms with E-state index in [4.69, 9.17) is 9.47 Å². The molecule has 11 heteroatoms. The molecule has 1 aliphatic heterocycles. The molecule has 0 atom stereocenters. The molecule has 1 saturated carbocycles. The lowest BCUT2D eigenvalue weighted by Crippen LogP contribution is -2.52. The Balaban J connectivity index is 1.56. The van der Waals surface area contributed by atoms with Gasteiger partial charge in [-0.3, -0.25) is 4.79 Å². The minimum absolute atomic E-state index is 0.000523. The van der Waals surface area contributed by atoms with Gasteiger partial charge < -0.3 is 24.6 Å². The summed E-state index contributed by atoms with van der Waals surface area (Å²) in [5.74, 6) is 0.290. The maximum atomic E-state index is 12.7. The van der Waals surface area contributed by atoms with E-state index in [1.54, 1.807) is 15.9 Å². The Morgan fingerprint density at radius 3 is 2.28 bits per heavy atom. The van der Waals surface area contributed by atoms with Crippen molar-refractivity contribution in [2.45, 2.75) is 50.2 Å². The molecule has 3 rings (SSSR count). The average Bonchev–Trinajstić information content (AvgIpc) is 3.54. The molecular weight excluding hydrogens is 436 g/mol. The van der Waals surface area contributed by atoms with E-state index in [9.17, 15) is 18.0 Å². The van der Waals surface area contributed by atoms with E-state index in [2.05, 4.69) is 10.0 Å². The van der Waals surface area contributed by atoms with E-state index in [1.165, 1.54) is 19.2 Å². The van der Waals surface area contributed by atoms with E-state index in [0.29, 0.717) is 37.6 Å². The molecular formula is C21H32N4O6S. The fourth-order valence-electron chi connectivity index (χ4n) is 3.23. The first-order chi connectivity index (χ1) is 15.0. The summed E-state index contributed by atoms with van der Waals surface area (Å²) in [7, 11) is -2.14. The van der Waals surface area contributed by atoms with Gasteiger partial charge in [0.05, 0.1) is 24.2 Å². The van der Waals surface area contributed by atoms with Crippen LogP contribution in [0.5, 0.6) is 5.75 Å².